The molecule has 9 atom stereocenters. The molecular formula is C43H72FN5O8. The molecule has 57 heavy (non-hydrogen) atoms. The molecule has 14 heteroatoms. The van der Waals surface area contributed by atoms with Crippen molar-refractivity contribution < 1.29 is 42.6 Å². The Morgan fingerprint density at radius 1 is 0.930 bits per heavy atom. The minimum absolute atomic E-state index is 0.0107. The van der Waals surface area contributed by atoms with E-state index < -0.39 is 71.6 Å². The number of carbonyl (C=O) groups excluding carboxylic acids is 5. The van der Waals surface area contributed by atoms with Crippen LogP contribution in [0.5, 0.6) is 0 Å². The summed E-state index contributed by atoms with van der Waals surface area (Å²) in [5, 5.41) is 8.80. The number of amides is 4. The van der Waals surface area contributed by atoms with Crippen molar-refractivity contribution in [2.75, 3.05) is 34.9 Å². The van der Waals surface area contributed by atoms with E-state index in [0.717, 1.165) is 0 Å². The van der Waals surface area contributed by atoms with Gasteiger partial charge < -0.3 is 40.0 Å². The summed E-state index contributed by atoms with van der Waals surface area (Å²) in [4.78, 5) is 72.2. The van der Waals surface area contributed by atoms with Gasteiger partial charge in [-0.15, -0.1) is 0 Å². The Morgan fingerprint density at radius 2 is 1.54 bits per heavy atom. The van der Waals surface area contributed by atoms with Crippen LogP contribution in [0.25, 0.3) is 0 Å². The van der Waals surface area contributed by atoms with Crippen molar-refractivity contribution in [3.05, 3.63) is 35.6 Å². The minimum Gasteiger partial charge on any atom is -0.458 e. The Bertz CT molecular complexity index is 1490. The normalized spacial score (nSPS) is 18.9. The smallest absolute Gasteiger partial charge is 0.329 e. The second kappa shape index (κ2) is 22.5. The zero-order valence-electron chi connectivity index (χ0n) is 36.9. The van der Waals surface area contributed by atoms with Crippen molar-refractivity contribution in [2.45, 2.75) is 149 Å². The maximum atomic E-state index is 14.7. The Hall–Kier alpha value is -3.62. The molecule has 1 unspecified atom stereocenters. The van der Waals surface area contributed by atoms with Gasteiger partial charge in [0.25, 0.3) is 0 Å². The van der Waals surface area contributed by atoms with Crippen LogP contribution in [0.15, 0.2) is 24.3 Å². The topological polar surface area (TPSA) is 156 Å². The second-order valence-corrected chi connectivity index (χ2v) is 17.2. The van der Waals surface area contributed by atoms with Crippen molar-refractivity contribution >= 4 is 29.6 Å². The average Bonchev–Trinajstić information content (AvgIpc) is 3.62. The van der Waals surface area contributed by atoms with Crippen LogP contribution in [0.4, 0.5) is 4.39 Å². The predicted octanol–water partition coefficient (Wildman–Crippen LogP) is 4.50. The summed E-state index contributed by atoms with van der Waals surface area (Å²) in [6.45, 7) is 18.9. The predicted molar refractivity (Wildman–Crippen MR) is 218 cm³/mol. The van der Waals surface area contributed by atoms with Gasteiger partial charge in [0.05, 0.1) is 42.7 Å². The Balaban J connectivity index is 2.32. The van der Waals surface area contributed by atoms with Crippen LogP contribution in [0.3, 0.4) is 0 Å². The van der Waals surface area contributed by atoms with E-state index in [-0.39, 0.29) is 53.9 Å². The van der Waals surface area contributed by atoms with E-state index in [9.17, 15) is 28.4 Å². The number of nitrogens with zero attached hydrogens (tertiary/aromatic N) is 2. The molecule has 1 fully saturated rings. The highest BCUT2D eigenvalue weighted by Gasteiger charge is 2.43. The van der Waals surface area contributed by atoms with Gasteiger partial charge in [-0.05, 0) is 70.0 Å². The fraction of sp³-hybridized carbons (Fsp3) is 0.744. The van der Waals surface area contributed by atoms with E-state index in [2.05, 4.69) is 16.0 Å². The molecule has 1 aromatic rings. The maximum absolute atomic E-state index is 14.7. The number of nitrogens with one attached hydrogen (secondary N) is 3. The molecule has 1 saturated heterocycles. The third-order valence-corrected chi connectivity index (χ3v) is 11.1. The number of halogens is 1. The minimum atomic E-state index is -1.17. The van der Waals surface area contributed by atoms with E-state index >= 15 is 0 Å². The number of carbonyl (C=O) groups is 5. The summed E-state index contributed by atoms with van der Waals surface area (Å²) in [5.74, 6) is -3.49. The standard InChI is InChI=1S/C43H72FN5O8/c1-15-27(6)37(48(12)41(53)36(26(4)5)47-40(52)35(45-11)25(2)3)33(55-13)24-34(50)49-22-18-21-32(49)38(56-14)28(7)39(51)46-31(42(54)57-43(8,9)10)23-29-19-16-17-20-30(29)44/h16-17,19-20,25-28,31-33,35-38,45H,15,18,21-24H2,1-14H3,(H,46,51)(H,47,52)/t27-,28+,31?,32-,33+,35-,36-,37-,38+/m0/s1. The lowest BCUT2D eigenvalue weighted by molar-refractivity contribution is -0.159. The summed E-state index contributed by atoms with van der Waals surface area (Å²) < 4.78 is 32.2. The lowest BCUT2D eigenvalue weighted by Gasteiger charge is -2.41. The second-order valence-electron chi connectivity index (χ2n) is 17.2. The molecule has 0 aromatic heterocycles. The van der Waals surface area contributed by atoms with Gasteiger partial charge in [-0.3, -0.25) is 19.2 Å². The number of hydrogen-bond donors (Lipinski definition) is 3. The van der Waals surface area contributed by atoms with E-state index in [0.29, 0.717) is 25.8 Å². The highest BCUT2D eigenvalue weighted by molar-refractivity contribution is 5.90. The molecule has 4 amide bonds. The molecule has 2 rings (SSSR count). The zero-order valence-corrected chi connectivity index (χ0v) is 36.9. The van der Waals surface area contributed by atoms with Crippen LogP contribution in [0.2, 0.25) is 0 Å². The van der Waals surface area contributed by atoms with Crippen molar-refractivity contribution in [2.24, 2.45) is 23.7 Å². The summed E-state index contributed by atoms with van der Waals surface area (Å²) in [6, 6.07) is 2.67. The van der Waals surface area contributed by atoms with Crippen molar-refractivity contribution in [1.82, 2.24) is 25.8 Å². The quantitative estimate of drug-likeness (QED) is 0.153. The molecule has 3 N–H and O–H groups in total. The molecule has 0 radical (unpaired) electrons. The molecule has 1 heterocycles. The van der Waals surface area contributed by atoms with Gasteiger partial charge in [-0.1, -0.05) is 73.1 Å². The van der Waals surface area contributed by atoms with Crippen molar-refractivity contribution in [1.29, 1.82) is 0 Å². The summed E-state index contributed by atoms with van der Waals surface area (Å²) >= 11 is 0. The van der Waals surface area contributed by atoms with Crippen LogP contribution in [0, 0.1) is 29.5 Å². The molecule has 0 bridgehead atoms. The number of likely N-dealkylation sites (N-methyl/N-ethyl adjacent to an activating group) is 2. The maximum Gasteiger partial charge on any atom is 0.329 e. The Kier molecular flexibility index (Phi) is 19.6. The van der Waals surface area contributed by atoms with Crippen LogP contribution in [-0.2, 0) is 44.6 Å². The first-order chi connectivity index (χ1) is 26.6. The summed E-state index contributed by atoms with van der Waals surface area (Å²) in [5.41, 5.74) is -0.585. The van der Waals surface area contributed by atoms with Crippen LogP contribution >= 0.6 is 0 Å². The lowest BCUT2D eigenvalue weighted by Crippen LogP contribution is -2.59. The van der Waals surface area contributed by atoms with E-state index in [1.54, 1.807) is 69.8 Å². The van der Waals surface area contributed by atoms with Gasteiger partial charge >= 0.3 is 5.97 Å². The third-order valence-electron chi connectivity index (χ3n) is 11.1. The monoisotopic (exact) mass is 806 g/mol. The fourth-order valence-electron chi connectivity index (χ4n) is 7.80. The molecular weight excluding hydrogens is 733 g/mol. The molecule has 13 nitrogen and oxygen atoms in total. The fourth-order valence-corrected chi connectivity index (χ4v) is 7.80. The molecule has 0 spiro atoms. The largest absolute Gasteiger partial charge is 0.458 e. The van der Waals surface area contributed by atoms with Gasteiger partial charge in [-0.25, -0.2) is 9.18 Å². The Labute approximate surface area is 340 Å². The van der Waals surface area contributed by atoms with Crippen molar-refractivity contribution in [3.8, 4) is 0 Å². The van der Waals surface area contributed by atoms with Crippen LogP contribution in [-0.4, -0.2) is 122 Å². The Morgan fingerprint density at radius 3 is 2.05 bits per heavy atom. The van der Waals surface area contributed by atoms with E-state index in [1.807, 2.05) is 41.5 Å². The number of likely N-dealkylation sites (tertiary alicyclic amines) is 1. The number of hydrogen-bond acceptors (Lipinski definition) is 9. The van der Waals surface area contributed by atoms with Gasteiger partial charge in [0.15, 0.2) is 0 Å². The van der Waals surface area contributed by atoms with Gasteiger partial charge in [0.1, 0.15) is 23.5 Å². The van der Waals surface area contributed by atoms with E-state index in [1.165, 1.54) is 20.3 Å². The lowest BCUT2D eigenvalue weighted by atomic mass is 9.89. The number of ether oxygens (including phenoxy) is 3. The van der Waals surface area contributed by atoms with Crippen LogP contribution < -0.4 is 16.0 Å². The number of benzene rings is 1. The average molecular weight is 806 g/mol. The third kappa shape index (κ3) is 13.7. The molecule has 0 saturated carbocycles. The zero-order chi connectivity index (χ0) is 43.4. The first-order valence-electron chi connectivity index (χ1n) is 20.5. The number of esters is 1. The number of rotatable bonds is 21. The van der Waals surface area contributed by atoms with Gasteiger partial charge in [0, 0.05) is 34.2 Å². The molecule has 1 aliphatic heterocycles. The van der Waals surface area contributed by atoms with Gasteiger partial charge in [-0.2, -0.15) is 0 Å². The first-order valence-corrected chi connectivity index (χ1v) is 20.5. The molecule has 0 aliphatic carbocycles. The highest BCUT2D eigenvalue weighted by atomic mass is 19.1. The molecule has 324 valence electrons. The first kappa shape index (κ1) is 49.5. The highest BCUT2D eigenvalue weighted by Crippen LogP contribution is 2.30. The summed E-state index contributed by atoms with van der Waals surface area (Å²) in [7, 11) is 6.43. The van der Waals surface area contributed by atoms with Crippen molar-refractivity contribution in [3.63, 3.8) is 0 Å². The number of methoxy groups -OCH3 is 2. The van der Waals surface area contributed by atoms with Gasteiger partial charge in [0.2, 0.25) is 23.6 Å². The summed E-state index contributed by atoms with van der Waals surface area (Å²) in [6.07, 6.45) is 0.408. The molecule has 1 aromatic carbocycles. The van der Waals surface area contributed by atoms with E-state index in [4.69, 9.17) is 14.2 Å². The van der Waals surface area contributed by atoms with Crippen LogP contribution in [0.1, 0.15) is 100 Å². The SMILES string of the molecule is CC[C@H](C)[C@@H]([C@@H](CC(=O)N1CCC[C@H]1[C@H](OC)[C@@H](C)C(=O)NC(Cc1ccccc1F)C(=O)OC(C)(C)C)OC)N(C)C(=O)[C@@H](NC(=O)[C@@H](NC)C(C)C)C(C)C. The molecule has 1 aliphatic rings.